The molecule has 0 radical (unpaired) electrons. The average molecular weight is 222 g/mol. The fraction of sp³-hybridized carbons (Fsp3) is 0.500. The molecule has 0 aromatic carbocycles. The number of aryl methyl sites for hydroxylation is 1. The second kappa shape index (κ2) is 4.81. The monoisotopic (exact) mass is 222 g/mol. The molecule has 15 heavy (non-hydrogen) atoms. The normalized spacial score (nSPS) is 11.4. The van der Waals surface area contributed by atoms with Crippen LogP contribution in [-0.2, 0) is 11.3 Å². The van der Waals surface area contributed by atoms with E-state index in [9.17, 15) is 18.0 Å². The average Bonchev–Trinajstić information content (AvgIpc) is 2.63. The molecule has 0 atom stereocenters. The summed E-state index contributed by atoms with van der Waals surface area (Å²) in [6.07, 6.45) is 0.803. The maximum atomic E-state index is 11.7. The number of hydrogen-bond donors (Lipinski definition) is 2. The Kier molecular flexibility index (Phi) is 3.70. The zero-order valence-corrected chi connectivity index (χ0v) is 7.84. The van der Waals surface area contributed by atoms with Crippen molar-refractivity contribution in [1.82, 2.24) is 10.3 Å². The number of imidazole rings is 1. The molecule has 0 saturated heterocycles. The molecular weight excluding hydrogens is 211 g/mol. The summed E-state index contributed by atoms with van der Waals surface area (Å²) in [6.45, 7) is 0.568. The fourth-order valence-electron chi connectivity index (χ4n) is 1.02. The van der Waals surface area contributed by atoms with Crippen molar-refractivity contribution < 1.29 is 22.5 Å². The van der Waals surface area contributed by atoms with Gasteiger partial charge in [0.15, 0.2) is 0 Å². The fourth-order valence-corrected chi connectivity index (χ4v) is 1.02. The van der Waals surface area contributed by atoms with E-state index >= 15 is 0 Å². The van der Waals surface area contributed by atoms with Crippen molar-refractivity contribution in [1.29, 1.82) is 0 Å². The highest BCUT2D eigenvalue weighted by Gasteiger charge is 2.38. The van der Waals surface area contributed by atoms with Crippen LogP contribution in [0.25, 0.3) is 0 Å². The Morgan fingerprint density at radius 2 is 2.20 bits per heavy atom. The molecule has 84 valence electrons. The molecule has 0 fully saturated rings. The zero-order valence-electron chi connectivity index (χ0n) is 7.84. The minimum atomic E-state index is -4.79. The van der Waals surface area contributed by atoms with Gasteiger partial charge in [0.05, 0.1) is 6.54 Å². The van der Waals surface area contributed by atoms with E-state index in [4.69, 9.17) is 0 Å². The number of nitrogens with one attached hydrogen (secondary N) is 2. The number of alkyl halides is 3. The summed E-state index contributed by atoms with van der Waals surface area (Å²) in [5.74, 6) is -1.89. The number of H-pyrrole nitrogens is 1. The number of nitrogens with zero attached hydrogens (tertiary/aromatic N) is 1. The molecule has 1 aromatic rings. The van der Waals surface area contributed by atoms with Crippen LogP contribution in [-0.4, -0.2) is 23.6 Å². The third kappa shape index (κ3) is 4.01. The van der Waals surface area contributed by atoms with Gasteiger partial charge < -0.3 is 5.32 Å². The van der Waals surface area contributed by atoms with Crippen LogP contribution in [0.15, 0.2) is 18.7 Å². The molecule has 2 N–H and O–H groups in total. The van der Waals surface area contributed by atoms with Gasteiger partial charge in [0.1, 0.15) is 12.4 Å². The van der Waals surface area contributed by atoms with E-state index in [-0.39, 0.29) is 6.54 Å². The molecule has 1 heterocycles. The van der Waals surface area contributed by atoms with Crippen molar-refractivity contribution in [3.05, 3.63) is 18.7 Å². The number of carbonyl (C=O) groups is 1. The number of aromatic nitrogens is 2. The minimum Gasteiger partial charge on any atom is -0.348 e. The van der Waals surface area contributed by atoms with Gasteiger partial charge in [-0.2, -0.15) is 13.2 Å². The van der Waals surface area contributed by atoms with Gasteiger partial charge in [0.2, 0.25) is 6.33 Å². The van der Waals surface area contributed by atoms with E-state index in [1.165, 1.54) is 0 Å². The molecule has 1 rings (SSSR count). The molecule has 0 aliphatic carbocycles. The molecular formula is C8H11F3N3O+. The van der Waals surface area contributed by atoms with Crippen molar-refractivity contribution in [3.8, 4) is 0 Å². The highest BCUT2D eigenvalue weighted by Crippen LogP contribution is 2.13. The van der Waals surface area contributed by atoms with Crippen LogP contribution in [0.1, 0.15) is 6.42 Å². The lowest BCUT2D eigenvalue weighted by Crippen LogP contribution is -2.39. The van der Waals surface area contributed by atoms with Crippen molar-refractivity contribution in [2.75, 3.05) is 6.54 Å². The zero-order chi connectivity index (χ0) is 11.3. The molecule has 1 amide bonds. The third-order valence-electron chi connectivity index (χ3n) is 1.74. The van der Waals surface area contributed by atoms with Crippen LogP contribution in [0.3, 0.4) is 0 Å². The van der Waals surface area contributed by atoms with Gasteiger partial charge in [-0.05, 0) is 0 Å². The van der Waals surface area contributed by atoms with Gasteiger partial charge in [-0.3, -0.25) is 9.78 Å². The van der Waals surface area contributed by atoms with E-state index in [2.05, 4.69) is 4.98 Å². The molecule has 7 heteroatoms. The van der Waals surface area contributed by atoms with Gasteiger partial charge >= 0.3 is 12.1 Å². The Morgan fingerprint density at radius 1 is 1.47 bits per heavy atom. The van der Waals surface area contributed by atoms with Crippen molar-refractivity contribution in [3.63, 3.8) is 0 Å². The van der Waals surface area contributed by atoms with E-state index in [0.717, 1.165) is 0 Å². The van der Waals surface area contributed by atoms with Crippen LogP contribution in [0.2, 0.25) is 0 Å². The Balaban J connectivity index is 2.15. The maximum absolute atomic E-state index is 11.7. The van der Waals surface area contributed by atoms with Crippen molar-refractivity contribution >= 4 is 5.91 Å². The van der Waals surface area contributed by atoms with Crippen LogP contribution < -0.4 is 9.88 Å². The second-order valence-electron chi connectivity index (χ2n) is 2.96. The van der Waals surface area contributed by atoms with Gasteiger partial charge in [0.25, 0.3) is 0 Å². The Bertz CT molecular complexity index is 307. The summed E-state index contributed by atoms with van der Waals surface area (Å²) in [7, 11) is 0. The topological polar surface area (TPSA) is 48.8 Å². The summed E-state index contributed by atoms with van der Waals surface area (Å²) >= 11 is 0. The van der Waals surface area contributed by atoms with E-state index in [0.29, 0.717) is 13.0 Å². The number of amides is 1. The molecule has 1 aromatic heterocycles. The van der Waals surface area contributed by atoms with Crippen molar-refractivity contribution in [2.24, 2.45) is 0 Å². The predicted octanol–water partition coefficient (Wildman–Crippen LogP) is 0.371. The first-order valence-electron chi connectivity index (χ1n) is 4.37. The predicted molar refractivity (Wildman–Crippen MR) is 44.7 cm³/mol. The summed E-state index contributed by atoms with van der Waals surface area (Å²) < 4.78 is 37.0. The highest BCUT2D eigenvalue weighted by atomic mass is 19.4. The molecule has 0 unspecified atom stereocenters. The minimum absolute atomic E-state index is 0.0104. The SMILES string of the molecule is O=C(NCCC[n+]1cc[nH]c1)C(F)(F)F. The van der Waals surface area contributed by atoms with Gasteiger partial charge in [-0.25, -0.2) is 4.57 Å². The van der Waals surface area contributed by atoms with Gasteiger partial charge in [0, 0.05) is 13.0 Å². The third-order valence-corrected chi connectivity index (χ3v) is 1.74. The van der Waals surface area contributed by atoms with E-state index in [1.54, 1.807) is 28.6 Å². The number of aromatic amines is 1. The standard InChI is InChI=1S/C8H10F3N3O/c9-8(10,11)7(15)13-2-1-4-14-5-3-12-6-14/h3,5-6H,1-2,4H2,(H,13,15)/p+1. The lowest BCUT2D eigenvalue weighted by atomic mass is 10.4. The van der Waals surface area contributed by atoms with Gasteiger partial charge in [-0.15, -0.1) is 0 Å². The summed E-state index contributed by atoms with van der Waals surface area (Å²) in [6, 6.07) is 0. The molecule has 0 bridgehead atoms. The van der Waals surface area contributed by atoms with E-state index in [1.807, 2.05) is 0 Å². The highest BCUT2D eigenvalue weighted by molar-refractivity contribution is 5.81. The molecule has 0 spiro atoms. The number of hydrogen-bond acceptors (Lipinski definition) is 1. The summed E-state index contributed by atoms with van der Waals surface area (Å²) in [4.78, 5) is 13.2. The summed E-state index contributed by atoms with van der Waals surface area (Å²) in [5.41, 5.74) is 0. The smallest absolute Gasteiger partial charge is 0.348 e. The Morgan fingerprint density at radius 3 is 2.73 bits per heavy atom. The van der Waals surface area contributed by atoms with Crippen LogP contribution in [0, 0.1) is 0 Å². The number of halogens is 3. The lowest BCUT2D eigenvalue weighted by molar-refractivity contribution is -0.695. The molecule has 0 saturated carbocycles. The number of rotatable bonds is 4. The summed E-state index contributed by atoms with van der Waals surface area (Å²) in [5, 5.41) is 1.80. The first kappa shape index (κ1) is 11.5. The second-order valence-corrected chi connectivity index (χ2v) is 2.96. The lowest BCUT2D eigenvalue weighted by Gasteiger charge is -2.06. The Labute approximate surface area is 84.1 Å². The Hall–Kier alpha value is -1.53. The molecule has 0 aliphatic heterocycles. The molecule has 0 aliphatic rings. The quantitative estimate of drug-likeness (QED) is 0.561. The van der Waals surface area contributed by atoms with Crippen molar-refractivity contribution in [2.45, 2.75) is 19.1 Å². The molecule has 4 nitrogen and oxygen atoms in total. The largest absolute Gasteiger partial charge is 0.471 e. The first-order chi connectivity index (χ1) is 7.00. The maximum Gasteiger partial charge on any atom is 0.471 e. The van der Waals surface area contributed by atoms with Crippen LogP contribution in [0.5, 0.6) is 0 Å². The van der Waals surface area contributed by atoms with Crippen LogP contribution in [0.4, 0.5) is 13.2 Å². The number of carbonyl (C=O) groups excluding carboxylic acids is 1. The van der Waals surface area contributed by atoms with Crippen LogP contribution >= 0.6 is 0 Å². The first-order valence-corrected chi connectivity index (χ1v) is 4.37. The van der Waals surface area contributed by atoms with E-state index < -0.39 is 12.1 Å². The van der Waals surface area contributed by atoms with Gasteiger partial charge in [-0.1, -0.05) is 0 Å².